The second-order valence-corrected chi connectivity index (χ2v) is 6.92. The van der Waals surface area contributed by atoms with Gasteiger partial charge in [-0.2, -0.15) is 0 Å². The molecule has 3 N–H and O–H groups in total. The molecule has 5 nitrogen and oxygen atoms in total. The van der Waals surface area contributed by atoms with Crippen LogP contribution in [-0.2, 0) is 14.6 Å². The second kappa shape index (κ2) is 8.72. The number of rotatable bonds is 7. The van der Waals surface area contributed by atoms with E-state index in [0.29, 0.717) is 13.1 Å². The molecule has 0 atom stereocenters. The third kappa shape index (κ3) is 6.02. The Kier molecular flexibility index (Phi) is 8.56. The molecular weight excluding hydrogens is 276 g/mol. The Morgan fingerprint density at radius 1 is 1.28 bits per heavy atom. The summed E-state index contributed by atoms with van der Waals surface area (Å²) in [4.78, 5) is 11.4. The van der Waals surface area contributed by atoms with Gasteiger partial charge in [0, 0.05) is 13.0 Å². The zero-order valence-corrected chi connectivity index (χ0v) is 12.2. The zero-order chi connectivity index (χ0) is 12.7. The molecule has 0 saturated heterocycles. The molecular formula is C11H23ClN2O3S. The second-order valence-electron chi connectivity index (χ2n) is 4.52. The Morgan fingerprint density at radius 2 is 1.89 bits per heavy atom. The van der Waals surface area contributed by atoms with Crippen LogP contribution in [-0.4, -0.2) is 38.4 Å². The number of hydrogen-bond donors (Lipinski definition) is 2. The Labute approximate surface area is 115 Å². The molecule has 0 aromatic carbocycles. The molecule has 0 aliphatic heterocycles. The number of nitrogens with two attached hydrogens (primary N) is 1. The van der Waals surface area contributed by atoms with Crippen molar-refractivity contribution in [2.45, 2.75) is 43.8 Å². The first-order chi connectivity index (χ1) is 8.06. The lowest BCUT2D eigenvalue weighted by Gasteiger charge is -2.10. The average Bonchev–Trinajstić information content (AvgIpc) is 2.81. The number of nitrogens with one attached hydrogen (secondary N) is 1. The molecule has 0 spiro atoms. The van der Waals surface area contributed by atoms with Gasteiger partial charge < -0.3 is 11.1 Å². The molecule has 1 saturated carbocycles. The van der Waals surface area contributed by atoms with Gasteiger partial charge in [-0.05, 0) is 25.8 Å². The Morgan fingerprint density at radius 3 is 2.44 bits per heavy atom. The van der Waals surface area contributed by atoms with Crippen molar-refractivity contribution in [3.63, 3.8) is 0 Å². The molecule has 1 amide bonds. The van der Waals surface area contributed by atoms with Crippen LogP contribution >= 0.6 is 12.4 Å². The highest BCUT2D eigenvalue weighted by Crippen LogP contribution is 2.25. The highest BCUT2D eigenvalue weighted by atomic mass is 35.5. The van der Waals surface area contributed by atoms with E-state index in [1.807, 2.05) is 0 Å². The van der Waals surface area contributed by atoms with Gasteiger partial charge in [0.2, 0.25) is 5.91 Å². The fourth-order valence-corrected chi connectivity index (χ4v) is 3.92. The summed E-state index contributed by atoms with van der Waals surface area (Å²) < 4.78 is 23.7. The Balaban J connectivity index is 0.00000289. The van der Waals surface area contributed by atoms with Gasteiger partial charge in [-0.3, -0.25) is 4.79 Å². The van der Waals surface area contributed by atoms with E-state index in [0.717, 1.165) is 32.1 Å². The molecule has 0 radical (unpaired) electrons. The largest absolute Gasteiger partial charge is 0.356 e. The van der Waals surface area contributed by atoms with Gasteiger partial charge in [0.15, 0.2) is 9.84 Å². The number of halogens is 1. The third-order valence-electron chi connectivity index (χ3n) is 3.13. The topological polar surface area (TPSA) is 89.3 Å². The molecule has 108 valence electrons. The van der Waals surface area contributed by atoms with Crippen LogP contribution < -0.4 is 11.1 Å². The lowest BCUT2D eigenvalue weighted by molar-refractivity contribution is -0.120. The molecule has 1 rings (SSSR count). The molecule has 18 heavy (non-hydrogen) atoms. The molecule has 0 bridgehead atoms. The Hall–Kier alpha value is -0.330. The van der Waals surface area contributed by atoms with Gasteiger partial charge in [0.25, 0.3) is 0 Å². The maximum atomic E-state index is 11.9. The highest BCUT2D eigenvalue weighted by Gasteiger charge is 2.28. The zero-order valence-electron chi connectivity index (χ0n) is 10.6. The summed E-state index contributed by atoms with van der Waals surface area (Å²) in [6, 6.07) is 0. The maximum absolute atomic E-state index is 11.9. The number of sulfone groups is 1. The van der Waals surface area contributed by atoms with Crippen LogP contribution in [0, 0.1) is 0 Å². The van der Waals surface area contributed by atoms with Crippen LogP contribution in [0.15, 0.2) is 0 Å². The number of hydrogen-bond acceptors (Lipinski definition) is 4. The summed E-state index contributed by atoms with van der Waals surface area (Å²) in [5, 5.41) is 2.45. The van der Waals surface area contributed by atoms with E-state index >= 15 is 0 Å². The molecule has 0 aromatic heterocycles. The minimum Gasteiger partial charge on any atom is -0.356 e. The van der Waals surface area contributed by atoms with Crippen molar-refractivity contribution in [1.29, 1.82) is 0 Å². The van der Waals surface area contributed by atoms with Gasteiger partial charge in [-0.15, -0.1) is 12.4 Å². The minimum absolute atomic E-state index is 0. The monoisotopic (exact) mass is 298 g/mol. The van der Waals surface area contributed by atoms with E-state index in [9.17, 15) is 13.2 Å². The van der Waals surface area contributed by atoms with Gasteiger partial charge in [0.1, 0.15) is 0 Å². The van der Waals surface area contributed by atoms with Crippen molar-refractivity contribution < 1.29 is 13.2 Å². The summed E-state index contributed by atoms with van der Waals surface area (Å²) in [6.07, 6.45) is 4.30. The van der Waals surface area contributed by atoms with Gasteiger partial charge >= 0.3 is 0 Å². The number of amides is 1. The molecule has 0 heterocycles. The summed E-state index contributed by atoms with van der Waals surface area (Å²) in [5.74, 6) is -0.216. The number of carbonyl (C=O) groups is 1. The van der Waals surface area contributed by atoms with Crippen molar-refractivity contribution in [1.82, 2.24) is 5.32 Å². The maximum Gasteiger partial charge on any atom is 0.221 e. The van der Waals surface area contributed by atoms with Crippen LogP contribution in [0.25, 0.3) is 0 Å². The van der Waals surface area contributed by atoms with E-state index in [1.54, 1.807) is 0 Å². The van der Waals surface area contributed by atoms with Crippen molar-refractivity contribution in [2.24, 2.45) is 5.73 Å². The number of carbonyl (C=O) groups excluding carboxylic acids is 1. The van der Waals surface area contributed by atoms with E-state index in [4.69, 9.17) is 5.73 Å². The summed E-state index contributed by atoms with van der Waals surface area (Å²) in [5.41, 5.74) is 5.29. The quantitative estimate of drug-likeness (QED) is 0.674. The molecule has 7 heteroatoms. The van der Waals surface area contributed by atoms with E-state index < -0.39 is 9.84 Å². The van der Waals surface area contributed by atoms with E-state index in [1.165, 1.54) is 0 Å². The molecule has 1 aliphatic carbocycles. The SMILES string of the molecule is Cl.NCCCNC(=O)CCS(=O)(=O)C1CCCC1. The minimum atomic E-state index is -3.07. The van der Waals surface area contributed by atoms with Gasteiger partial charge in [-0.25, -0.2) is 8.42 Å². The standard InChI is InChI=1S/C11H22N2O3S.ClH/c12-7-3-8-13-11(14)6-9-17(15,16)10-4-1-2-5-10;/h10H,1-9,12H2,(H,13,14);1H. The third-order valence-corrected chi connectivity index (χ3v) is 5.39. The lowest BCUT2D eigenvalue weighted by Crippen LogP contribution is -2.29. The smallest absolute Gasteiger partial charge is 0.221 e. The van der Waals surface area contributed by atoms with Gasteiger partial charge in [0.05, 0.1) is 11.0 Å². The van der Waals surface area contributed by atoms with Crippen LogP contribution in [0.3, 0.4) is 0 Å². The normalized spacial score (nSPS) is 16.3. The molecule has 0 unspecified atom stereocenters. The van der Waals surface area contributed by atoms with Crippen molar-refractivity contribution in [3.05, 3.63) is 0 Å². The molecule has 1 aliphatic rings. The molecule has 0 aromatic rings. The van der Waals surface area contributed by atoms with Crippen molar-refractivity contribution in [3.8, 4) is 0 Å². The molecule has 1 fully saturated rings. The lowest BCUT2D eigenvalue weighted by atomic mass is 10.4. The Bertz CT molecular complexity index is 340. The fourth-order valence-electron chi connectivity index (χ4n) is 2.07. The first-order valence-corrected chi connectivity index (χ1v) is 7.96. The van der Waals surface area contributed by atoms with Crippen LogP contribution in [0.1, 0.15) is 38.5 Å². The van der Waals surface area contributed by atoms with Crippen LogP contribution in [0.4, 0.5) is 0 Å². The summed E-state index contributed by atoms with van der Waals surface area (Å²) in [7, 11) is -3.07. The first kappa shape index (κ1) is 17.7. The first-order valence-electron chi connectivity index (χ1n) is 6.24. The summed E-state index contributed by atoms with van der Waals surface area (Å²) >= 11 is 0. The van der Waals surface area contributed by atoms with E-state index in [2.05, 4.69) is 5.32 Å². The van der Waals surface area contributed by atoms with E-state index in [-0.39, 0.29) is 35.7 Å². The van der Waals surface area contributed by atoms with Gasteiger partial charge in [-0.1, -0.05) is 12.8 Å². The van der Waals surface area contributed by atoms with Crippen molar-refractivity contribution in [2.75, 3.05) is 18.8 Å². The highest BCUT2D eigenvalue weighted by molar-refractivity contribution is 7.92. The van der Waals surface area contributed by atoms with Crippen LogP contribution in [0.2, 0.25) is 0 Å². The average molecular weight is 299 g/mol. The predicted molar refractivity (Wildman–Crippen MR) is 74.6 cm³/mol. The predicted octanol–water partition coefficient (Wildman–Crippen LogP) is 0.621. The summed E-state index contributed by atoms with van der Waals surface area (Å²) in [6.45, 7) is 1.06. The fraction of sp³-hybridized carbons (Fsp3) is 0.909. The van der Waals surface area contributed by atoms with Crippen molar-refractivity contribution >= 4 is 28.2 Å². The van der Waals surface area contributed by atoms with Crippen LogP contribution in [0.5, 0.6) is 0 Å².